The van der Waals surface area contributed by atoms with Gasteiger partial charge in [-0.25, -0.2) is 8.42 Å². The molecular weight excluding hydrogens is 372 g/mol. The number of sulfone groups is 1. The SMILES string of the molecule is CS(=O)(=O)c1cccc(C(=O)Nc2ccccc2N2CCc3ccccc32)c1. The molecule has 4 rings (SSSR count). The molecule has 1 aliphatic heterocycles. The molecule has 1 amide bonds. The van der Waals surface area contributed by atoms with Crippen molar-refractivity contribution in [2.24, 2.45) is 0 Å². The molecule has 3 aromatic carbocycles. The largest absolute Gasteiger partial charge is 0.339 e. The lowest BCUT2D eigenvalue weighted by molar-refractivity contribution is 0.102. The van der Waals surface area contributed by atoms with E-state index in [9.17, 15) is 13.2 Å². The molecule has 0 saturated carbocycles. The summed E-state index contributed by atoms with van der Waals surface area (Å²) < 4.78 is 23.5. The highest BCUT2D eigenvalue weighted by atomic mass is 32.2. The van der Waals surface area contributed by atoms with Gasteiger partial charge in [0.1, 0.15) is 0 Å². The Morgan fingerprint density at radius 2 is 1.64 bits per heavy atom. The van der Waals surface area contributed by atoms with E-state index in [1.165, 1.54) is 17.7 Å². The number of hydrogen-bond donors (Lipinski definition) is 1. The topological polar surface area (TPSA) is 66.5 Å². The number of rotatable bonds is 4. The minimum Gasteiger partial charge on any atom is -0.339 e. The van der Waals surface area contributed by atoms with Crippen molar-refractivity contribution in [2.75, 3.05) is 23.0 Å². The van der Waals surface area contributed by atoms with Gasteiger partial charge in [0.15, 0.2) is 9.84 Å². The Hall–Kier alpha value is -3.12. The number of para-hydroxylation sites is 3. The number of carbonyl (C=O) groups excluding carboxylic acids is 1. The van der Waals surface area contributed by atoms with Crippen LogP contribution in [0.1, 0.15) is 15.9 Å². The van der Waals surface area contributed by atoms with E-state index in [1.807, 2.05) is 36.4 Å². The number of nitrogens with one attached hydrogen (secondary N) is 1. The molecule has 0 bridgehead atoms. The van der Waals surface area contributed by atoms with Crippen LogP contribution in [0.25, 0.3) is 0 Å². The zero-order chi connectivity index (χ0) is 19.7. The number of benzene rings is 3. The van der Waals surface area contributed by atoms with Crippen LogP contribution < -0.4 is 10.2 Å². The maximum absolute atomic E-state index is 12.8. The van der Waals surface area contributed by atoms with E-state index in [0.717, 1.165) is 30.6 Å². The van der Waals surface area contributed by atoms with Crippen LogP contribution in [0.15, 0.2) is 77.7 Å². The number of hydrogen-bond acceptors (Lipinski definition) is 4. The second kappa shape index (κ2) is 7.13. The summed E-state index contributed by atoms with van der Waals surface area (Å²) in [7, 11) is -3.37. The Labute approximate surface area is 164 Å². The van der Waals surface area contributed by atoms with Gasteiger partial charge in [-0.05, 0) is 48.4 Å². The maximum atomic E-state index is 12.8. The van der Waals surface area contributed by atoms with E-state index in [2.05, 4.69) is 22.3 Å². The quantitative estimate of drug-likeness (QED) is 0.728. The average Bonchev–Trinajstić information content (AvgIpc) is 3.12. The first-order chi connectivity index (χ1) is 13.4. The Balaban J connectivity index is 1.65. The van der Waals surface area contributed by atoms with Gasteiger partial charge in [-0.3, -0.25) is 4.79 Å². The summed E-state index contributed by atoms with van der Waals surface area (Å²) in [6, 6.07) is 22.0. The van der Waals surface area contributed by atoms with Crippen LogP contribution in [0.5, 0.6) is 0 Å². The lowest BCUT2D eigenvalue weighted by Crippen LogP contribution is -2.18. The summed E-state index contributed by atoms with van der Waals surface area (Å²) >= 11 is 0. The van der Waals surface area contributed by atoms with Crippen molar-refractivity contribution in [1.29, 1.82) is 0 Å². The first kappa shape index (κ1) is 18.3. The summed E-state index contributed by atoms with van der Waals surface area (Å²) in [6.07, 6.45) is 2.08. The predicted molar refractivity (Wildman–Crippen MR) is 111 cm³/mol. The average molecular weight is 392 g/mol. The molecule has 1 aliphatic rings. The highest BCUT2D eigenvalue weighted by Crippen LogP contribution is 2.38. The van der Waals surface area contributed by atoms with Crippen LogP contribution in [0.3, 0.4) is 0 Å². The van der Waals surface area contributed by atoms with Crippen molar-refractivity contribution in [3.05, 3.63) is 83.9 Å². The van der Waals surface area contributed by atoms with Crippen LogP contribution in [-0.4, -0.2) is 27.1 Å². The van der Waals surface area contributed by atoms with Gasteiger partial charge >= 0.3 is 0 Å². The minimum atomic E-state index is -3.37. The molecule has 1 N–H and O–H groups in total. The normalized spacial score (nSPS) is 13.2. The highest BCUT2D eigenvalue weighted by Gasteiger charge is 2.22. The molecule has 142 valence electrons. The molecule has 6 heteroatoms. The van der Waals surface area contributed by atoms with Crippen LogP contribution >= 0.6 is 0 Å². The molecule has 0 unspecified atom stereocenters. The monoisotopic (exact) mass is 392 g/mol. The summed E-state index contributed by atoms with van der Waals surface area (Å²) in [5.41, 5.74) is 4.33. The number of amides is 1. The summed E-state index contributed by atoms with van der Waals surface area (Å²) in [6.45, 7) is 0.843. The molecule has 0 spiro atoms. The third kappa shape index (κ3) is 3.51. The molecule has 0 aromatic heterocycles. The summed E-state index contributed by atoms with van der Waals surface area (Å²) in [5, 5.41) is 2.94. The molecular formula is C22H20N2O3S. The lowest BCUT2D eigenvalue weighted by atomic mass is 10.1. The summed E-state index contributed by atoms with van der Waals surface area (Å²) in [4.78, 5) is 15.1. The second-order valence-corrected chi connectivity index (χ2v) is 8.82. The number of fused-ring (bicyclic) bond motifs is 1. The molecule has 3 aromatic rings. The third-order valence-corrected chi connectivity index (χ3v) is 5.96. The van der Waals surface area contributed by atoms with Crippen LogP contribution in [-0.2, 0) is 16.3 Å². The van der Waals surface area contributed by atoms with Crippen molar-refractivity contribution < 1.29 is 13.2 Å². The van der Waals surface area contributed by atoms with Gasteiger partial charge in [-0.15, -0.1) is 0 Å². The van der Waals surface area contributed by atoms with Gasteiger partial charge in [0, 0.05) is 24.1 Å². The number of carbonyl (C=O) groups is 1. The van der Waals surface area contributed by atoms with E-state index in [-0.39, 0.29) is 10.8 Å². The van der Waals surface area contributed by atoms with Crippen LogP contribution in [0, 0.1) is 0 Å². The van der Waals surface area contributed by atoms with Crippen molar-refractivity contribution in [2.45, 2.75) is 11.3 Å². The number of anilines is 3. The van der Waals surface area contributed by atoms with Crippen molar-refractivity contribution in [3.8, 4) is 0 Å². The fraction of sp³-hybridized carbons (Fsp3) is 0.136. The Kier molecular flexibility index (Phi) is 4.65. The first-order valence-electron chi connectivity index (χ1n) is 8.99. The molecule has 0 fully saturated rings. The fourth-order valence-electron chi connectivity index (χ4n) is 3.47. The van der Waals surface area contributed by atoms with E-state index in [1.54, 1.807) is 12.1 Å². The van der Waals surface area contributed by atoms with Crippen molar-refractivity contribution in [1.82, 2.24) is 0 Å². The predicted octanol–water partition coefficient (Wildman–Crippen LogP) is 4.04. The molecule has 0 saturated heterocycles. The Morgan fingerprint density at radius 1 is 0.929 bits per heavy atom. The Morgan fingerprint density at radius 3 is 2.43 bits per heavy atom. The van der Waals surface area contributed by atoms with Gasteiger partial charge < -0.3 is 10.2 Å². The third-order valence-electron chi connectivity index (χ3n) is 4.85. The molecule has 5 nitrogen and oxygen atoms in total. The van der Waals surface area contributed by atoms with Gasteiger partial charge in [0.05, 0.1) is 16.3 Å². The van der Waals surface area contributed by atoms with Crippen LogP contribution in [0.4, 0.5) is 17.1 Å². The van der Waals surface area contributed by atoms with Crippen LogP contribution in [0.2, 0.25) is 0 Å². The van der Waals surface area contributed by atoms with Crippen molar-refractivity contribution >= 4 is 32.8 Å². The summed E-state index contributed by atoms with van der Waals surface area (Å²) in [5.74, 6) is -0.342. The second-order valence-electron chi connectivity index (χ2n) is 6.80. The fourth-order valence-corrected chi connectivity index (χ4v) is 4.13. The van der Waals surface area contributed by atoms with Gasteiger partial charge in [-0.2, -0.15) is 0 Å². The molecule has 0 atom stereocenters. The minimum absolute atomic E-state index is 0.127. The van der Waals surface area contributed by atoms with E-state index < -0.39 is 9.84 Å². The van der Waals surface area contributed by atoms with E-state index >= 15 is 0 Å². The molecule has 1 heterocycles. The maximum Gasteiger partial charge on any atom is 0.255 e. The standard InChI is InChI=1S/C22H20N2O3S/c1-28(26,27)18-9-6-8-17(15-18)22(25)23-19-10-3-5-12-21(19)24-14-13-16-7-2-4-11-20(16)24/h2-12,15H,13-14H2,1H3,(H,23,25). The number of nitrogens with zero attached hydrogens (tertiary/aromatic N) is 1. The van der Waals surface area contributed by atoms with Crippen molar-refractivity contribution in [3.63, 3.8) is 0 Å². The van der Waals surface area contributed by atoms with E-state index in [4.69, 9.17) is 0 Å². The smallest absolute Gasteiger partial charge is 0.255 e. The Bertz CT molecular complexity index is 1160. The molecule has 0 radical (unpaired) electrons. The lowest BCUT2D eigenvalue weighted by Gasteiger charge is -2.23. The highest BCUT2D eigenvalue weighted by molar-refractivity contribution is 7.90. The van der Waals surface area contributed by atoms with Gasteiger partial charge in [0.25, 0.3) is 5.91 Å². The van der Waals surface area contributed by atoms with Gasteiger partial charge in [0.2, 0.25) is 0 Å². The zero-order valence-electron chi connectivity index (χ0n) is 15.4. The molecule has 28 heavy (non-hydrogen) atoms. The molecule has 0 aliphatic carbocycles. The van der Waals surface area contributed by atoms with Gasteiger partial charge in [-0.1, -0.05) is 36.4 Å². The zero-order valence-corrected chi connectivity index (χ0v) is 16.2. The van der Waals surface area contributed by atoms with E-state index in [0.29, 0.717) is 11.3 Å². The first-order valence-corrected chi connectivity index (χ1v) is 10.9.